The standard InChI is InChI=1S/C19H34/c1-6-13(5)17-11-10-15-12-18(15)19(17)16(9-4)14(7-2)8-3/h10-11,13-19H,6-9,12H2,1-5H3. The van der Waals surface area contributed by atoms with Gasteiger partial charge in [0.1, 0.15) is 0 Å². The Morgan fingerprint density at radius 3 is 2.16 bits per heavy atom. The molecule has 0 heteroatoms. The fourth-order valence-corrected chi connectivity index (χ4v) is 4.84. The lowest BCUT2D eigenvalue weighted by Gasteiger charge is -2.41. The first-order chi connectivity index (χ1) is 9.17. The van der Waals surface area contributed by atoms with Crippen LogP contribution in [0.15, 0.2) is 12.2 Å². The molecule has 0 aromatic carbocycles. The highest BCUT2D eigenvalue weighted by molar-refractivity contribution is 5.15. The molecule has 0 N–H and O–H groups in total. The molecular weight excluding hydrogens is 228 g/mol. The van der Waals surface area contributed by atoms with E-state index in [1.54, 1.807) is 0 Å². The van der Waals surface area contributed by atoms with Crippen LogP contribution >= 0.6 is 0 Å². The maximum atomic E-state index is 2.61. The van der Waals surface area contributed by atoms with Crippen LogP contribution in [0.5, 0.6) is 0 Å². The summed E-state index contributed by atoms with van der Waals surface area (Å²) in [5.74, 6) is 6.62. The zero-order valence-electron chi connectivity index (χ0n) is 13.7. The fourth-order valence-electron chi connectivity index (χ4n) is 4.84. The molecule has 0 aromatic heterocycles. The van der Waals surface area contributed by atoms with Crippen LogP contribution in [0.3, 0.4) is 0 Å². The van der Waals surface area contributed by atoms with Gasteiger partial charge in [0.25, 0.3) is 0 Å². The maximum Gasteiger partial charge on any atom is -0.0174 e. The summed E-state index contributed by atoms with van der Waals surface area (Å²) in [6.07, 6.45) is 12.1. The first-order valence-electron chi connectivity index (χ1n) is 8.86. The second kappa shape index (κ2) is 6.46. The summed E-state index contributed by atoms with van der Waals surface area (Å²) in [5, 5.41) is 0. The number of hydrogen-bond donors (Lipinski definition) is 0. The lowest BCUT2D eigenvalue weighted by Crippen LogP contribution is -2.34. The molecule has 0 spiro atoms. The fraction of sp³-hybridized carbons (Fsp3) is 0.895. The molecule has 0 aliphatic heterocycles. The first kappa shape index (κ1) is 15.1. The summed E-state index contributed by atoms with van der Waals surface area (Å²) in [6, 6.07) is 0. The van der Waals surface area contributed by atoms with Gasteiger partial charge in [-0.1, -0.05) is 72.5 Å². The summed E-state index contributed by atoms with van der Waals surface area (Å²) in [5.41, 5.74) is 0. The topological polar surface area (TPSA) is 0 Å². The Labute approximate surface area is 121 Å². The van der Waals surface area contributed by atoms with Crippen molar-refractivity contribution in [1.82, 2.24) is 0 Å². The SMILES string of the molecule is CCC(C)C1C=CC2CC2C1C(CC)C(CC)CC. The number of rotatable bonds is 7. The van der Waals surface area contributed by atoms with Crippen molar-refractivity contribution in [3.63, 3.8) is 0 Å². The highest BCUT2D eigenvalue weighted by atomic mass is 14.5. The number of hydrogen-bond acceptors (Lipinski definition) is 0. The molecule has 1 saturated carbocycles. The quantitative estimate of drug-likeness (QED) is 0.499. The van der Waals surface area contributed by atoms with Gasteiger partial charge in [-0.15, -0.1) is 0 Å². The summed E-state index contributed by atoms with van der Waals surface area (Å²) in [7, 11) is 0. The lowest BCUT2D eigenvalue weighted by atomic mass is 9.64. The van der Waals surface area contributed by atoms with Crippen molar-refractivity contribution in [2.24, 2.45) is 41.4 Å². The molecule has 0 amide bonds. The lowest BCUT2D eigenvalue weighted by molar-refractivity contribution is 0.110. The van der Waals surface area contributed by atoms with Crippen molar-refractivity contribution < 1.29 is 0 Å². The van der Waals surface area contributed by atoms with Crippen molar-refractivity contribution >= 4 is 0 Å². The highest BCUT2D eigenvalue weighted by Gasteiger charge is 2.50. The molecule has 0 nitrogen and oxygen atoms in total. The molecule has 0 saturated heterocycles. The van der Waals surface area contributed by atoms with E-state index in [0.29, 0.717) is 0 Å². The number of allylic oxidation sites excluding steroid dienone is 2. The van der Waals surface area contributed by atoms with Gasteiger partial charge in [0.15, 0.2) is 0 Å². The molecule has 0 radical (unpaired) electrons. The molecule has 2 aliphatic carbocycles. The minimum atomic E-state index is 0.860. The smallest absolute Gasteiger partial charge is 0.0174 e. The summed E-state index contributed by atoms with van der Waals surface area (Å²) in [6.45, 7) is 12.1. The van der Waals surface area contributed by atoms with E-state index in [1.807, 2.05) is 0 Å². The Morgan fingerprint density at radius 1 is 0.947 bits per heavy atom. The predicted octanol–water partition coefficient (Wildman–Crippen LogP) is 5.93. The van der Waals surface area contributed by atoms with E-state index in [2.05, 4.69) is 46.8 Å². The van der Waals surface area contributed by atoms with Gasteiger partial charge >= 0.3 is 0 Å². The zero-order chi connectivity index (χ0) is 14.0. The Morgan fingerprint density at radius 2 is 1.63 bits per heavy atom. The third-order valence-electron chi connectivity index (χ3n) is 6.33. The van der Waals surface area contributed by atoms with Gasteiger partial charge in [-0.05, 0) is 47.8 Å². The molecule has 6 unspecified atom stereocenters. The van der Waals surface area contributed by atoms with Gasteiger partial charge in [-0.2, -0.15) is 0 Å². The maximum absolute atomic E-state index is 2.61. The van der Waals surface area contributed by atoms with Gasteiger partial charge < -0.3 is 0 Å². The van der Waals surface area contributed by atoms with E-state index >= 15 is 0 Å². The van der Waals surface area contributed by atoms with Crippen LogP contribution in [0, 0.1) is 41.4 Å². The molecule has 2 rings (SSSR count). The Kier molecular flexibility index (Phi) is 5.15. The van der Waals surface area contributed by atoms with E-state index in [0.717, 1.165) is 41.4 Å². The van der Waals surface area contributed by atoms with Gasteiger partial charge in [0, 0.05) is 0 Å². The molecule has 0 aromatic rings. The third kappa shape index (κ3) is 2.93. The van der Waals surface area contributed by atoms with Gasteiger partial charge in [0.2, 0.25) is 0 Å². The average Bonchev–Trinajstić information content (AvgIpc) is 3.22. The van der Waals surface area contributed by atoms with Crippen LogP contribution in [-0.2, 0) is 0 Å². The molecule has 0 heterocycles. The molecule has 6 atom stereocenters. The normalized spacial score (nSPS) is 36.1. The average molecular weight is 262 g/mol. The Hall–Kier alpha value is -0.260. The minimum Gasteiger partial charge on any atom is -0.0848 e. The second-order valence-electron chi connectivity index (χ2n) is 7.14. The molecule has 110 valence electrons. The van der Waals surface area contributed by atoms with Gasteiger partial charge in [-0.3, -0.25) is 0 Å². The van der Waals surface area contributed by atoms with Crippen molar-refractivity contribution in [2.45, 2.75) is 66.7 Å². The molecule has 19 heavy (non-hydrogen) atoms. The van der Waals surface area contributed by atoms with E-state index in [4.69, 9.17) is 0 Å². The van der Waals surface area contributed by atoms with Crippen LogP contribution in [0.25, 0.3) is 0 Å². The van der Waals surface area contributed by atoms with Crippen molar-refractivity contribution in [3.05, 3.63) is 12.2 Å². The first-order valence-corrected chi connectivity index (χ1v) is 8.86. The molecule has 2 aliphatic rings. The van der Waals surface area contributed by atoms with Crippen LogP contribution in [-0.4, -0.2) is 0 Å². The molecule has 1 fully saturated rings. The van der Waals surface area contributed by atoms with Crippen LogP contribution in [0.2, 0.25) is 0 Å². The summed E-state index contributed by atoms with van der Waals surface area (Å²) >= 11 is 0. The van der Waals surface area contributed by atoms with E-state index in [-0.39, 0.29) is 0 Å². The minimum absolute atomic E-state index is 0.860. The largest absolute Gasteiger partial charge is 0.0848 e. The highest BCUT2D eigenvalue weighted by Crippen LogP contribution is 2.57. The van der Waals surface area contributed by atoms with E-state index in [1.165, 1.54) is 32.1 Å². The number of fused-ring (bicyclic) bond motifs is 1. The van der Waals surface area contributed by atoms with Crippen molar-refractivity contribution in [2.75, 3.05) is 0 Å². The van der Waals surface area contributed by atoms with E-state index in [9.17, 15) is 0 Å². The van der Waals surface area contributed by atoms with Crippen LogP contribution < -0.4 is 0 Å². The molecule has 0 bridgehead atoms. The van der Waals surface area contributed by atoms with Crippen molar-refractivity contribution in [1.29, 1.82) is 0 Å². The van der Waals surface area contributed by atoms with Gasteiger partial charge in [0.05, 0.1) is 0 Å². The summed E-state index contributed by atoms with van der Waals surface area (Å²) in [4.78, 5) is 0. The second-order valence-corrected chi connectivity index (χ2v) is 7.14. The zero-order valence-corrected chi connectivity index (χ0v) is 13.7. The summed E-state index contributed by atoms with van der Waals surface area (Å²) < 4.78 is 0. The van der Waals surface area contributed by atoms with Crippen LogP contribution in [0.1, 0.15) is 66.7 Å². The van der Waals surface area contributed by atoms with Gasteiger partial charge in [-0.25, -0.2) is 0 Å². The third-order valence-corrected chi connectivity index (χ3v) is 6.33. The Bertz CT molecular complexity index is 299. The Balaban J connectivity index is 2.19. The molecular formula is C19H34. The predicted molar refractivity (Wildman–Crippen MR) is 85.0 cm³/mol. The van der Waals surface area contributed by atoms with Crippen molar-refractivity contribution in [3.8, 4) is 0 Å². The van der Waals surface area contributed by atoms with Crippen LogP contribution in [0.4, 0.5) is 0 Å². The van der Waals surface area contributed by atoms with E-state index < -0.39 is 0 Å². The monoisotopic (exact) mass is 262 g/mol.